The quantitative estimate of drug-likeness (QED) is 0.640. The SMILES string of the molecule is CC[C@H]1CC[C@H](C#Cc2ccc(F)cc2F)CC1. The van der Waals surface area contributed by atoms with Crippen LogP contribution in [0, 0.1) is 35.3 Å². The van der Waals surface area contributed by atoms with Crippen molar-refractivity contribution in [2.45, 2.75) is 39.0 Å². The minimum absolute atomic E-state index is 0.300. The van der Waals surface area contributed by atoms with Crippen molar-refractivity contribution < 1.29 is 8.78 Å². The van der Waals surface area contributed by atoms with Gasteiger partial charge in [-0.15, -0.1) is 0 Å². The Bertz CT molecular complexity index is 460. The van der Waals surface area contributed by atoms with Crippen LogP contribution >= 0.6 is 0 Å². The molecule has 0 heterocycles. The zero-order valence-electron chi connectivity index (χ0n) is 10.7. The zero-order valence-corrected chi connectivity index (χ0v) is 10.7. The van der Waals surface area contributed by atoms with Crippen molar-refractivity contribution in [3.8, 4) is 11.8 Å². The Labute approximate surface area is 107 Å². The van der Waals surface area contributed by atoms with Crippen molar-refractivity contribution in [3.63, 3.8) is 0 Å². The lowest BCUT2D eigenvalue weighted by atomic mass is 9.81. The number of halogens is 2. The van der Waals surface area contributed by atoms with E-state index in [2.05, 4.69) is 18.8 Å². The molecule has 0 aliphatic heterocycles. The molecular weight excluding hydrogens is 230 g/mol. The summed E-state index contributed by atoms with van der Waals surface area (Å²) < 4.78 is 26.1. The molecule has 0 spiro atoms. The Balaban J connectivity index is 2.00. The van der Waals surface area contributed by atoms with Crippen LogP contribution in [0.25, 0.3) is 0 Å². The predicted molar refractivity (Wildman–Crippen MR) is 69.0 cm³/mol. The molecule has 1 aromatic rings. The van der Waals surface area contributed by atoms with Gasteiger partial charge in [0, 0.05) is 12.0 Å². The first-order chi connectivity index (χ1) is 8.69. The average Bonchev–Trinajstić information content (AvgIpc) is 2.38. The molecule has 0 bridgehead atoms. The van der Waals surface area contributed by atoms with Gasteiger partial charge in [-0.25, -0.2) is 8.78 Å². The molecule has 0 N–H and O–H groups in total. The minimum Gasteiger partial charge on any atom is -0.207 e. The highest BCUT2D eigenvalue weighted by atomic mass is 19.1. The van der Waals surface area contributed by atoms with E-state index in [4.69, 9.17) is 0 Å². The standard InChI is InChI=1S/C16H18F2/c1-2-12-3-5-13(6-4-12)7-8-14-9-10-15(17)11-16(14)18/h9-13H,2-6H2,1H3/t12-,13-. The summed E-state index contributed by atoms with van der Waals surface area (Å²) in [6.45, 7) is 2.23. The number of hydrogen-bond acceptors (Lipinski definition) is 0. The molecule has 0 atom stereocenters. The van der Waals surface area contributed by atoms with Crippen molar-refractivity contribution in [3.05, 3.63) is 35.4 Å². The molecule has 0 saturated heterocycles. The molecule has 1 aliphatic rings. The Morgan fingerprint density at radius 1 is 1.17 bits per heavy atom. The summed E-state index contributed by atoms with van der Waals surface area (Å²) in [7, 11) is 0. The second kappa shape index (κ2) is 6.00. The third-order valence-electron chi connectivity index (χ3n) is 3.77. The monoisotopic (exact) mass is 248 g/mol. The van der Waals surface area contributed by atoms with Crippen molar-refractivity contribution in [1.29, 1.82) is 0 Å². The van der Waals surface area contributed by atoms with E-state index in [0.29, 0.717) is 11.5 Å². The third-order valence-corrected chi connectivity index (χ3v) is 3.77. The first-order valence-electron chi connectivity index (χ1n) is 6.65. The van der Waals surface area contributed by atoms with E-state index in [1.54, 1.807) is 0 Å². The number of benzene rings is 1. The van der Waals surface area contributed by atoms with Gasteiger partial charge in [0.25, 0.3) is 0 Å². The van der Waals surface area contributed by atoms with E-state index in [-0.39, 0.29) is 0 Å². The number of rotatable bonds is 1. The van der Waals surface area contributed by atoms with Crippen LogP contribution in [-0.4, -0.2) is 0 Å². The van der Waals surface area contributed by atoms with E-state index >= 15 is 0 Å². The van der Waals surface area contributed by atoms with Crippen LogP contribution in [0.5, 0.6) is 0 Å². The molecule has 18 heavy (non-hydrogen) atoms. The van der Waals surface area contributed by atoms with Crippen molar-refractivity contribution in [1.82, 2.24) is 0 Å². The second-order valence-corrected chi connectivity index (χ2v) is 5.02. The molecular formula is C16H18F2. The van der Waals surface area contributed by atoms with E-state index in [0.717, 1.165) is 24.8 Å². The lowest BCUT2D eigenvalue weighted by Crippen LogP contribution is -2.12. The molecule has 1 aliphatic carbocycles. The molecule has 0 amide bonds. The molecule has 2 rings (SSSR count). The fourth-order valence-electron chi connectivity index (χ4n) is 2.49. The van der Waals surface area contributed by atoms with Crippen molar-refractivity contribution in [2.24, 2.45) is 11.8 Å². The predicted octanol–water partition coefficient (Wildman–Crippen LogP) is 4.53. The molecule has 0 nitrogen and oxygen atoms in total. The highest BCUT2D eigenvalue weighted by Gasteiger charge is 2.18. The summed E-state index contributed by atoms with van der Waals surface area (Å²) in [5.41, 5.74) is 0.300. The first-order valence-corrected chi connectivity index (χ1v) is 6.65. The van der Waals surface area contributed by atoms with Crippen LogP contribution in [0.2, 0.25) is 0 Å². The summed E-state index contributed by atoms with van der Waals surface area (Å²) in [5, 5.41) is 0. The van der Waals surface area contributed by atoms with Gasteiger partial charge in [0.15, 0.2) is 0 Å². The smallest absolute Gasteiger partial charge is 0.141 e. The van der Waals surface area contributed by atoms with Crippen LogP contribution < -0.4 is 0 Å². The van der Waals surface area contributed by atoms with Crippen molar-refractivity contribution in [2.75, 3.05) is 0 Å². The molecule has 0 aromatic heterocycles. The van der Waals surface area contributed by atoms with Crippen LogP contribution in [0.1, 0.15) is 44.6 Å². The summed E-state index contributed by atoms with van der Waals surface area (Å²) >= 11 is 0. The van der Waals surface area contributed by atoms with Crippen molar-refractivity contribution >= 4 is 0 Å². The Hall–Kier alpha value is -1.36. The summed E-state index contributed by atoms with van der Waals surface area (Å²) in [4.78, 5) is 0. The molecule has 0 radical (unpaired) electrons. The summed E-state index contributed by atoms with van der Waals surface area (Å²) in [6, 6.07) is 3.55. The number of hydrogen-bond donors (Lipinski definition) is 0. The van der Waals surface area contributed by atoms with Gasteiger partial charge in [0.1, 0.15) is 11.6 Å². The molecule has 1 fully saturated rings. The van der Waals surface area contributed by atoms with Crippen LogP contribution in [-0.2, 0) is 0 Å². The molecule has 2 heteroatoms. The molecule has 0 unspecified atom stereocenters. The van der Waals surface area contributed by atoms with Gasteiger partial charge in [-0.1, -0.05) is 25.2 Å². The highest BCUT2D eigenvalue weighted by molar-refractivity contribution is 5.36. The van der Waals surface area contributed by atoms with Gasteiger partial charge >= 0.3 is 0 Å². The van der Waals surface area contributed by atoms with Gasteiger partial charge in [0.05, 0.1) is 5.56 Å². The topological polar surface area (TPSA) is 0 Å². The van der Waals surface area contributed by atoms with E-state index in [9.17, 15) is 8.78 Å². The van der Waals surface area contributed by atoms with Crippen LogP contribution in [0.15, 0.2) is 18.2 Å². The van der Waals surface area contributed by atoms with Crippen LogP contribution in [0.4, 0.5) is 8.78 Å². The van der Waals surface area contributed by atoms with Gasteiger partial charge in [0.2, 0.25) is 0 Å². The average molecular weight is 248 g/mol. The maximum atomic E-state index is 13.4. The summed E-state index contributed by atoms with van der Waals surface area (Å²) in [5.74, 6) is 6.07. The highest BCUT2D eigenvalue weighted by Crippen LogP contribution is 2.30. The normalized spacial score (nSPS) is 23.3. The van der Waals surface area contributed by atoms with Gasteiger partial charge in [-0.3, -0.25) is 0 Å². The molecule has 96 valence electrons. The largest absolute Gasteiger partial charge is 0.207 e. The Morgan fingerprint density at radius 3 is 2.50 bits per heavy atom. The van der Waals surface area contributed by atoms with Gasteiger partial charge in [-0.05, 0) is 43.7 Å². The fraction of sp³-hybridized carbons (Fsp3) is 0.500. The maximum absolute atomic E-state index is 13.4. The van der Waals surface area contributed by atoms with Crippen LogP contribution in [0.3, 0.4) is 0 Å². The van der Waals surface area contributed by atoms with Gasteiger partial charge in [-0.2, -0.15) is 0 Å². The third kappa shape index (κ3) is 3.32. The van der Waals surface area contributed by atoms with E-state index in [1.165, 1.54) is 31.4 Å². The molecule has 1 aromatic carbocycles. The summed E-state index contributed by atoms with van der Waals surface area (Å²) in [6.07, 6.45) is 5.90. The maximum Gasteiger partial charge on any atom is 0.141 e. The molecule has 1 saturated carbocycles. The van der Waals surface area contributed by atoms with Gasteiger partial charge < -0.3 is 0 Å². The van der Waals surface area contributed by atoms with E-state index < -0.39 is 11.6 Å². The first kappa shape index (κ1) is 13.1. The Morgan fingerprint density at radius 2 is 1.89 bits per heavy atom. The minimum atomic E-state index is -0.565. The lowest BCUT2D eigenvalue weighted by Gasteiger charge is -2.24. The lowest BCUT2D eigenvalue weighted by molar-refractivity contribution is 0.309. The second-order valence-electron chi connectivity index (χ2n) is 5.02. The van der Waals surface area contributed by atoms with E-state index in [1.807, 2.05) is 0 Å². The Kier molecular flexibility index (Phi) is 4.36. The zero-order chi connectivity index (χ0) is 13.0. The fourth-order valence-corrected chi connectivity index (χ4v) is 2.49.